The molecule has 1 N–H and O–H groups in total. The van der Waals surface area contributed by atoms with Crippen LogP contribution in [0.15, 0.2) is 65.9 Å². The number of hydrogen-bond acceptors (Lipinski definition) is 5. The molecule has 2 aromatic rings. The number of para-hydroxylation sites is 1. The molecular weight excluding hydrogens is 370 g/mol. The summed E-state index contributed by atoms with van der Waals surface area (Å²) in [4.78, 5) is 26.0. The molecular formula is C22H21N3O4. The maximum atomic E-state index is 12.6. The maximum absolute atomic E-state index is 12.6. The fraction of sp³-hybridized carbons (Fsp3) is 0.227. The van der Waals surface area contributed by atoms with Crippen molar-refractivity contribution in [1.29, 1.82) is 5.26 Å². The SMILES string of the molecule is CCOC(=O)N1C(=O)NC(C)=C(C#N)C1c1ccccc1OCc1ccccc1. The van der Waals surface area contributed by atoms with Crippen LogP contribution in [0.2, 0.25) is 0 Å². The van der Waals surface area contributed by atoms with Crippen molar-refractivity contribution in [2.75, 3.05) is 6.61 Å². The quantitative estimate of drug-likeness (QED) is 0.821. The fourth-order valence-electron chi connectivity index (χ4n) is 3.13. The van der Waals surface area contributed by atoms with Crippen LogP contribution in [0.5, 0.6) is 5.75 Å². The highest BCUT2D eigenvalue weighted by atomic mass is 16.6. The first-order chi connectivity index (χ1) is 14.1. The van der Waals surface area contributed by atoms with Crippen LogP contribution in [0.4, 0.5) is 9.59 Å². The molecule has 148 valence electrons. The van der Waals surface area contributed by atoms with Gasteiger partial charge < -0.3 is 14.8 Å². The van der Waals surface area contributed by atoms with Crippen LogP contribution < -0.4 is 10.1 Å². The fourth-order valence-corrected chi connectivity index (χ4v) is 3.13. The molecule has 3 rings (SSSR count). The van der Waals surface area contributed by atoms with E-state index < -0.39 is 18.2 Å². The van der Waals surface area contributed by atoms with Crippen LogP contribution in [0, 0.1) is 11.3 Å². The number of benzene rings is 2. The monoisotopic (exact) mass is 391 g/mol. The maximum Gasteiger partial charge on any atom is 0.418 e. The van der Waals surface area contributed by atoms with E-state index in [4.69, 9.17) is 9.47 Å². The highest BCUT2D eigenvalue weighted by Crippen LogP contribution is 2.38. The number of carbonyl (C=O) groups is 2. The number of imide groups is 1. The van der Waals surface area contributed by atoms with E-state index in [2.05, 4.69) is 11.4 Å². The molecule has 0 aromatic heterocycles. The molecule has 2 aromatic carbocycles. The number of ether oxygens (including phenoxy) is 2. The smallest absolute Gasteiger partial charge is 0.418 e. The second-order valence-electron chi connectivity index (χ2n) is 6.36. The van der Waals surface area contributed by atoms with Crippen LogP contribution in [0.1, 0.15) is 31.0 Å². The van der Waals surface area contributed by atoms with E-state index in [9.17, 15) is 14.9 Å². The summed E-state index contributed by atoms with van der Waals surface area (Å²) in [6, 6.07) is 17.2. The number of nitriles is 1. The molecule has 0 saturated carbocycles. The minimum atomic E-state index is -0.945. The van der Waals surface area contributed by atoms with Crippen LogP contribution >= 0.6 is 0 Å². The topological polar surface area (TPSA) is 91.7 Å². The molecule has 7 heteroatoms. The summed E-state index contributed by atoms with van der Waals surface area (Å²) in [7, 11) is 0. The Morgan fingerprint density at radius 1 is 1.17 bits per heavy atom. The predicted molar refractivity (Wildman–Crippen MR) is 106 cm³/mol. The third-order valence-corrected chi connectivity index (χ3v) is 4.48. The molecule has 7 nitrogen and oxygen atoms in total. The zero-order valence-electron chi connectivity index (χ0n) is 16.2. The van der Waals surface area contributed by atoms with Crippen molar-refractivity contribution in [2.24, 2.45) is 0 Å². The van der Waals surface area contributed by atoms with Crippen molar-refractivity contribution >= 4 is 12.1 Å². The summed E-state index contributed by atoms with van der Waals surface area (Å²) in [6.07, 6.45) is -0.826. The second-order valence-corrected chi connectivity index (χ2v) is 6.36. The molecule has 1 aliphatic rings. The molecule has 0 saturated heterocycles. The highest BCUT2D eigenvalue weighted by molar-refractivity contribution is 5.94. The van der Waals surface area contributed by atoms with Crippen LogP contribution in [0.3, 0.4) is 0 Å². The Morgan fingerprint density at radius 3 is 2.55 bits per heavy atom. The molecule has 1 atom stereocenters. The van der Waals surface area contributed by atoms with Gasteiger partial charge >= 0.3 is 12.1 Å². The lowest BCUT2D eigenvalue weighted by molar-refractivity contribution is 0.103. The van der Waals surface area contributed by atoms with Gasteiger partial charge in [0.15, 0.2) is 0 Å². The lowest BCUT2D eigenvalue weighted by atomic mass is 9.94. The summed E-state index contributed by atoms with van der Waals surface area (Å²) in [5, 5.41) is 12.3. The van der Waals surface area contributed by atoms with Crippen molar-refractivity contribution in [3.05, 3.63) is 77.0 Å². The highest BCUT2D eigenvalue weighted by Gasteiger charge is 2.41. The molecule has 0 aliphatic carbocycles. The largest absolute Gasteiger partial charge is 0.489 e. The van der Waals surface area contributed by atoms with E-state index in [1.165, 1.54) is 0 Å². The summed E-state index contributed by atoms with van der Waals surface area (Å²) in [5.41, 5.74) is 2.13. The number of nitrogens with one attached hydrogen (secondary N) is 1. The van der Waals surface area contributed by atoms with Crippen LogP contribution in [-0.2, 0) is 11.3 Å². The lowest BCUT2D eigenvalue weighted by Crippen LogP contribution is -2.50. The van der Waals surface area contributed by atoms with Gasteiger partial charge in [-0.05, 0) is 25.5 Å². The number of rotatable bonds is 5. The van der Waals surface area contributed by atoms with E-state index in [-0.39, 0.29) is 12.2 Å². The first-order valence-corrected chi connectivity index (χ1v) is 9.20. The van der Waals surface area contributed by atoms with Crippen LogP contribution in [0.25, 0.3) is 0 Å². The molecule has 1 unspecified atom stereocenters. The average molecular weight is 391 g/mol. The van der Waals surface area contributed by atoms with Crippen molar-refractivity contribution in [2.45, 2.75) is 26.5 Å². The minimum absolute atomic E-state index is 0.103. The lowest BCUT2D eigenvalue weighted by Gasteiger charge is -2.34. The minimum Gasteiger partial charge on any atom is -0.489 e. The van der Waals surface area contributed by atoms with Crippen molar-refractivity contribution < 1.29 is 19.1 Å². The summed E-state index contributed by atoms with van der Waals surface area (Å²) in [5.74, 6) is 0.478. The number of urea groups is 1. The third-order valence-electron chi connectivity index (χ3n) is 4.48. The van der Waals surface area contributed by atoms with Gasteiger partial charge in [-0.2, -0.15) is 5.26 Å². The second kappa shape index (κ2) is 8.93. The summed E-state index contributed by atoms with van der Waals surface area (Å²) < 4.78 is 11.0. The normalized spacial score (nSPS) is 16.1. The van der Waals surface area contributed by atoms with Gasteiger partial charge in [-0.3, -0.25) is 0 Å². The first-order valence-electron chi connectivity index (χ1n) is 9.20. The van der Waals surface area contributed by atoms with Crippen molar-refractivity contribution in [3.63, 3.8) is 0 Å². The molecule has 1 heterocycles. The van der Waals surface area contributed by atoms with Gasteiger partial charge in [-0.1, -0.05) is 48.5 Å². The third kappa shape index (κ3) is 4.22. The molecule has 3 amide bonds. The standard InChI is InChI=1S/C22H21N3O4/c1-3-28-22(27)25-20(18(13-23)15(2)24-21(25)26)17-11-7-8-12-19(17)29-14-16-9-5-4-6-10-16/h4-12,20H,3,14H2,1-2H3,(H,24,26). The van der Waals surface area contributed by atoms with Gasteiger partial charge in [0.05, 0.1) is 18.2 Å². The van der Waals surface area contributed by atoms with Gasteiger partial charge in [0, 0.05) is 11.3 Å². The van der Waals surface area contributed by atoms with Gasteiger partial charge in [-0.25, -0.2) is 14.5 Å². The predicted octanol–water partition coefficient (Wildman–Crippen LogP) is 4.29. The zero-order valence-corrected chi connectivity index (χ0v) is 16.2. The number of amides is 3. The van der Waals surface area contributed by atoms with Crippen LogP contribution in [-0.4, -0.2) is 23.6 Å². The summed E-state index contributed by atoms with van der Waals surface area (Å²) >= 11 is 0. The average Bonchev–Trinajstić information content (AvgIpc) is 2.73. The van der Waals surface area contributed by atoms with E-state index >= 15 is 0 Å². The van der Waals surface area contributed by atoms with E-state index in [1.54, 1.807) is 38.1 Å². The van der Waals surface area contributed by atoms with E-state index in [0.29, 0.717) is 23.6 Å². The molecule has 1 aliphatic heterocycles. The number of allylic oxidation sites excluding steroid dienone is 1. The summed E-state index contributed by atoms with van der Waals surface area (Å²) in [6.45, 7) is 3.68. The Labute approximate surface area is 169 Å². The van der Waals surface area contributed by atoms with Gasteiger partial charge in [0.1, 0.15) is 18.4 Å². The van der Waals surface area contributed by atoms with Gasteiger partial charge in [0.2, 0.25) is 0 Å². The van der Waals surface area contributed by atoms with Gasteiger partial charge in [0.25, 0.3) is 0 Å². The zero-order chi connectivity index (χ0) is 20.8. The Kier molecular flexibility index (Phi) is 6.15. The molecule has 29 heavy (non-hydrogen) atoms. The Balaban J connectivity index is 2.03. The van der Waals surface area contributed by atoms with Crippen molar-refractivity contribution in [1.82, 2.24) is 10.2 Å². The molecule has 0 bridgehead atoms. The number of nitrogens with zero attached hydrogens (tertiary/aromatic N) is 2. The molecule has 0 fully saturated rings. The number of hydrogen-bond donors (Lipinski definition) is 1. The molecule has 0 radical (unpaired) electrons. The Hall–Kier alpha value is -3.79. The van der Waals surface area contributed by atoms with E-state index in [1.807, 2.05) is 30.3 Å². The van der Waals surface area contributed by atoms with Crippen molar-refractivity contribution in [3.8, 4) is 11.8 Å². The Bertz CT molecular complexity index is 979. The Morgan fingerprint density at radius 2 is 1.86 bits per heavy atom. The van der Waals surface area contributed by atoms with E-state index in [0.717, 1.165) is 10.5 Å². The number of carbonyl (C=O) groups excluding carboxylic acids is 2. The van der Waals surface area contributed by atoms with Gasteiger partial charge in [-0.15, -0.1) is 0 Å². The molecule has 0 spiro atoms. The first kappa shape index (κ1) is 20.0.